The maximum atomic E-state index is 10.7. The summed E-state index contributed by atoms with van der Waals surface area (Å²) in [5.74, 6) is 0.676. The van der Waals surface area contributed by atoms with E-state index in [1.54, 1.807) is 48.2 Å². The number of aliphatic carboxylic acids is 1. The molecule has 0 aromatic heterocycles. The molecule has 3 N–H and O–H groups in total. The Labute approximate surface area is 190 Å². The van der Waals surface area contributed by atoms with Crippen molar-refractivity contribution in [1.82, 2.24) is 0 Å². The van der Waals surface area contributed by atoms with Gasteiger partial charge in [-0.05, 0) is 54.5 Å². The predicted molar refractivity (Wildman–Crippen MR) is 127 cm³/mol. The van der Waals surface area contributed by atoms with Crippen molar-refractivity contribution in [3.05, 3.63) is 77.4 Å². The first-order valence-electron chi connectivity index (χ1n) is 9.64. The van der Waals surface area contributed by atoms with Gasteiger partial charge in [-0.2, -0.15) is 5.10 Å². The Morgan fingerprint density at radius 3 is 2.68 bits per heavy atom. The van der Waals surface area contributed by atoms with Crippen LogP contribution in [0.15, 0.2) is 76.8 Å². The van der Waals surface area contributed by atoms with Gasteiger partial charge in [0.1, 0.15) is 11.5 Å². The number of rotatable bonds is 10. The third-order valence-corrected chi connectivity index (χ3v) is 5.57. The molecule has 6 nitrogen and oxygen atoms in total. The fraction of sp³-hybridized carbons (Fsp3) is 0.174. The summed E-state index contributed by atoms with van der Waals surface area (Å²) in [6, 6.07) is 12.9. The van der Waals surface area contributed by atoms with Crippen molar-refractivity contribution < 1.29 is 14.6 Å². The van der Waals surface area contributed by atoms with Crippen LogP contribution in [0.25, 0.3) is 0 Å². The Hall–Kier alpha value is -3.03. The second-order valence-electron chi connectivity index (χ2n) is 6.65. The van der Waals surface area contributed by atoms with Crippen LogP contribution in [0.3, 0.4) is 0 Å². The van der Waals surface area contributed by atoms with Crippen LogP contribution in [0.1, 0.15) is 12.0 Å². The molecule has 31 heavy (non-hydrogen) atoms. The normalized spacial score (nSPS) is 14.1. The molecule has 8 heteroatoms. The Morgan fingerprint density at radius 1 is 1.16 bits per heavy atom. The van der Waals surface area contributed by atoms with Gasteiger partial charge in [-0.25, -0.2) is 0 Å². The lowest BCUT2D eigenvalue weighted by Crippen LogP contribution is -2.12. The lowest BCUT2D eigenvalue weighted by molar-refractivity contribution is -0.136. The number of hydrazone groups is 1. The number of allylic oxidation sites excluding steroid dienone is 4. The molecule has 0 amide bonds. The lowest BCUT2D eigenvalue weighted by Gasteiger charge is -2.12. The topological polar surface area (TPSA) is 94.8 Å². The molecular formula is C23H22ClN3O3S. The van der Waals surface area contributed by atoms with E-state index in [2.05, 4.69) is 10.5 Å². The molecule has 2 aromatic rings. The minimum atomic E-state index is -0.828. The molecule has 0 atom stereocenters. The lowest BCUT2D eigenvalue weighted by atomic mass is 10.1. The van der Waals surface area contributed by atoms with Gasteiger partial charge in [-0.1, -0.05) is 35.9 Å². The molecule has 2 aromatic carbocycles. The molecule has 0 saturated carbocycles. The van der Waals surface area contributed by atoms with Gasteiger partial charge < -0.3 is 9.84 Å². The van der Waals surface area contributed by atoms with E-state index in [-0.39, 0.29) is 6.42 Å². The number of carbonyl (C=O) groups is 1. The van der Waals surface area contributed by atoms with Gasteiger partial charge in [0.25, 0.3) is 0 Å². The number of nitrogens with zero attached hydrogens (tertiary/aromatic N) is 1. The average Bonchev–Trinajstić information content (AvgIpc) is 2.75. The van der Waals surface area contributed by atoms with E-state index in [0.29, 0.717) is 34.5 Å². The molecule has 0 saturated heterocycles. The van der Waals surface area contributed by atoms with Crippen LogP contribution in [0.2, 0.25) is 5.02 Å². The van der Waals surface area contributed by atoms with Crippen LogP contribution in [0, 0.1) is 5.41 Å². The van der Waals surface area contributed by atoms with E-state index in [1.807, 2.05) is 30.3 Å². The van der Waals surface area contributed by atoms with Crippen molar-refractivity contribution in [2.45, 2.75) is 17.7 Å². The SMILES string of the molecule is N=C1C=CC=C/C1=N/Nc1cc(Cl)ccc1OCCCSc1ccc(CC(=O)O)cc1. The molecule has 0 spiro atoms. The molecule has 3 rings (SSSR count). The Morgan fingerprint density at radius 2 is 1.94 bits per heavy atom. The van der Waals surface area contributed by atoms with Crippen molar-refractivity contribution in [2.24, 2.45) is 5.10 Å². The van der Waals surface area contributed by atoms with Crippen LogP contribution in [0.4, 0.5) is 5.69 Å². The maximum Gasteiger partial charge on any atom is 0.307 e. The third kappa shape index (κ3) is 7.31. The third-order valence-electron chi connectivity index (χ3n) is 4.24. The highest BCUT2D eigenvalue weighted by molar-refractivity contribution is 7.99. The number of hydrogen-bond acceptors (Lipinski definition) is 6. The number of carboxylic acid groups (broad SMARTS) is 1. The van der Waals surface area contributed by atoms with Gasteiger partial charge in [0.15, 0.2) is 0 Å². The second kappa shape index (κ2) is 11.4. The van der Waals surface area contributed by atoms with Gasteiger partial charge in [-0.15, -0.1) is 11.8 Å². The van der Waals surface area contributed by atoms with Gasteiger partial charge in [0, 0.05) is 15.7 Å². The molecule has 0 bridgehead atoms. The number of nitrogens with one attached hydrogen (secondary N) is 2. The standard InChI is InChI=1S/C23H22ClN3O3S/c24-17-8-11-22(21(15-17)27-26-20-5-2-1-4-19(20)25)30-12-3-13-31-18-9-6-16(7-10-18)14-23(28)29/h1-2,4-11,15,25,27H,3,12-14H2,(H,28,29)/b25-19?,26-20-. The Bertz CT molecular complexity index is 1030. The second-order valence-corrected chi connectivity index (χ2v) is 8.25. The number of hydrogen-bond donors (Lipinski definition) is 3. The number of ether oxygens (including phenoxy) is 1. The maximum absolute atomic E-state index is 10.7. The molecule has 0 aliphatic heterocycles. The zero-order valence-electron chi connectivity index (χ0n) is 16.7. The summed E-state index contributed by atoms with van der Waals surface area (Å²) in [5.41, 5.74) is 5.23. The fourth-order valence-corrected chi connectivity index (χ4v) is 3.71. The minimum absolute atomic E-state index is 0.0376. The fourth-order valence-electron chi connectivity index (χ4n) is 2.72. The van der Waals surface area contributed by atoms with Gasteiger partial charge in [0.05, 0.1) is 24.4 Å². The summed E-state index contributed by atoms with van der Waals surface area (Å²) in [7, 11) is 0. The van der Waals surface area contributed by atoms with Gasteiger partial charge in [0.2, 0.25) is 0 Å². The number of halogens is 1. The Balaban J connectivity index is 1.48. The largest absolute Gasteiger partial charge is 0.491 e. The van der Waals surface area contributed by atoms with Crippen molar-refractivity contribution in [3.8, 4) is 5.75 Å². The first-order chi connectivity index (χ1) is 15.0. The van der Waals surface area contributed by atoms with Crippen molar-refractivity contribution in [3.63, 3.8) is 0 Å². The number of carboxylic acids is 1. The van der Waals surface area contributed by atoms with Crippen LogP contribution in [-0.4, -0.2) is 34.9 Å². The van der Waals surface area contributed by atoms with E-state index in [1.165, 1.54) is 0 Å². The zero-order chi connectivity index (χ0) is 22.1. The number of thioether (sulfide) groups is 1. The molecule has 0 heterocycles. The molecular weight excluding hydrogens is 434 g/mol. The summed E-state index contributed by atoms with van der Waals surface area (Å²) in [6.07, 6.45) is 7.91. The van der Waals surface area contributed by atoms with Gasteiger partial charge in [-0.3, -0.25) is 15.6 Å². The number of benzene rings is 2. The molecule has 0 unspecified atom stereocenters. The molecule has 0 radical (unpaired) electrons. The van der Waals surface area contributed by atoms with Crippen molar-refractivity contribution >= 4 is 46.4 Å². The van der Waals surface area contributed by atoms with Crippen LogP contribution >= 0.6 is 23.4 Å². The summed E-state index contributed by atoms with van der Waals surface area (Å²) in [6.45, 7) is 0.523. The van der Waals surface area contributed by atoms with Crippen molar-refractivity contribution in [1.29, 1.82) is 5.41 Å². The summed E-state index contributed by atoms with van der Waals surface area (Å²) in [5, 5.41) is 21.5. The highest BCUT2D eigenvalue weighted by atomic mass is 35.5. The summed E-state index contributed by atoms with van der Waals surface area (Å²) >= 11 is 7.81. The summed E-state index contributed by atoms with van der Waals surface area (Å²) in [4.78, 5) is 11.8. The first kappa shape index (κ1) is 22.7. The quantitative estimate of drug-likeness (QED) is 0.192. The van der Waals surface area contributed by atoms with E-state index >= 15 is 0 Å². The van der Waals surface area contributed by atoms with Crippen LogP contribution in [0.5, 0.6) is 5.75 Å². The van der Waals surface area contributed by atoms with E-state index < -0.39 is 5.97 Å². The van der Waals surface area contributed by atoms with Crippen LogP contribution in [-0.2, 0) is 11.2 Å². The van der Waals surface area contributed by atoms with Crippen LogP contribution < -0.4 is 10.2 Å². The monoisotopic (exact) mass is 455 g/mol. The predicted octanol–water partition coefficient (Wildman–Crippen LogP) is 5.44. The first-order valence-corrected chi connectivity index (χ1v) is 11.0. The Kier molecular flexibility index (Phi) is 8.32. The van der Waals surface area contributed by atoms with E-state index in [9.17, 15) is 4.79 Å². The molecule has 1 aliphatic rings. The highest BCUT2D eigenvalue weighted by Gasteiger charge is 2.07. The smallest absolute Gasteiger partial charge is 0.307 e. The zero-order valence-corrected chi connectivity index (χ0v) is 18.2. The van der Waals surface area contributed by atoms with Gasteiger partial charge >= 0.3 is 5.97 Å². The molecule has 0 fully saturated rings. The summed E-state index contributed by atoms with van der Waals surface area (Å²) < 4.78 is 5.91. The average molecular weight is 456 g/mol. The van der Waals surface area contributed by atoms with E-state index in [0.717, 1.165) is 22.6 Å². The van der Waals surface area contributed by atoms with E-state index in [4.69, 9.17) is 26.9 Å². The molecule has 160 valence electrons. The molecule has 1 aliphatic carbocycles. The minimum Gasteiger partial charge on any atom is -0.491 e. The number of anilines is 1. The van der Waals surface area contributed by atoms with Crippen molar-refractivity contribution in [2.75, 3.05) is 17.8 Å². The highest BCUT2D eigenvalue weighted by Crippen LogP contribution is 2.28.